The average molecular weight is 378 g/mol. The highest BCUT2D eigenvalue weighted by Crippen LogP contribution is 2.29. The highest BCUT2D eigenvalue weighted by molar-refractivity contribution is 7.09. The number of benzene rings is 1. The number of carboxylic acids is 1. The van der Waals surface area contributed by atoms with Crippen molar-refractivity contribution in [3.05, 3.63) is 67.6 Å². The van der Waals surface area contributed by atoms with E-state index in [4.69, 9.17) is 16.7 Å². The Morgan fingerprint density at radius 1 is 1.32 bits per heavy atom. The highest BCUT2D eigenvalue weighted by Gasteiger charge is 2.20. The third kappa shape index (κ3) is 3.70. The van der Waals surface area contributed by atoms with Gasteiger partial charge in [0.1, 0.15) is 5.82 Å². The average Bonchev–Trinajstić information content (AvgIpc) is 3.18. The van der Waals surface area contributed by atoms with Gasteiger partial charge in [-0.2, -0.15) is 0 Å². The van der Waals surface area contributed by atoms with Crippen LogP contribution in [0.5, 0.6) is 0 Å². The second-order valence-corrected chi connectivity index (χ2v) is 6.60. The molecule has 0 saturated heterocycles. The molecule has 0 aliphatic carbocycles. The molecular formula is C16H12ClN3O4S. The molecule has 25 heavy (non-hydrogen) atoms. The predicted octanol–water partition coefficient (Wildman–Crippen LogP) is 3.85. The molecule has 128 valence electrons. The van der Waals surface area contributed by atoms with Gasteiger partial charge in [-0.05, 0) is 23.6 Å². The van der Waals surface area contributed by atoms with Crippen molar-refractivity contribution in [1.29, 1.82) is 0 Å². The fourth-order valence-electron chi connectivity index (χ4n) is 2.45. The first-order valence-electron chi connectivity index (χ1n) is 7.19. The van der Waals surface area contributed by atoms with Crippen LogP contribution in [-0.4, -0.2) is 25.6 Å². The van der Waals surface area contributed by atoms with Crippen LogP contribution in [0.1, 0.15) is 10.6 Å². The van der Waals surface area contributed by atoms with E-state index in [2.05, 4.69) is 4.98 Å². The number of carbonyl (C=O) groups is 1. The van der Waals surface area contributed by atoms with Gasteiger partial charge in [0.25, 0.3) is 5.69 Å². The number of thiophene rings is 1. The Balaban J connectivity index is 2.08. The lowest BCUT2D eigenvalue weighted by Crippen LogP contribution is -2.10. The van der Waals surface area contributed by atoms with Crippen LogP contribution in [0.25, 0.3) is 11.4 Å². The molecule has 0 spiro atoms. The van der Waals surface area contributed by atoms with Crippen molar-refractivity contribution in [2.45, 2.75) is 13.0 Å². The van der Waals surface area contributed by atoms with E-state index >= 15 is 0 Å². The number of nitro groups is 1. The van der Waals surface area contributed by atoms with Gasteiger partial charge in [-0.25, -0.2) is 4.98 Å². The molecule has 7 nitrogen and oxygen atoms in total. The summed E-state index contributed by atoms with van der Waals surface area (Å²) in [6.07, 6.45) is -0.260. The summed E-state index contributed by atoms with van der Waals surface area (Å²) >= 11 is 7.70. The Morgan fingerprint density at radius 2 is 2.04 bits per heavy atom. The van der Waals surface area contributed by atoms with E-state index in [0.717, 1.165) is 4.88 Å². The lowest BCUT2D eigenvalue weighted by atomic mass is 10.2. The lowest BCUT2D eigenvalue weighted by Gasteiger charge is -2.10. The number of rotatable bonds is 6. The van der Waals surface area contributed by atoms with Gasteiger partial charge < -0.3 is 9.67 Å². The third-order valence-electron chi connectivity index (χ3n) is 3.57. The van der Waals surface area contributed by atoms with E-state index in [-0.39, 0.29) is 17.3 Å². The van der Waals surface area contributed by atoms with Gasteiger partial charge in [0.15, 0.2) is 5.15 Å². The Bertz CT molecular complexity index is 920. The highest BCUT2D eigenvalue weighted by atomic mass is 35.5. The van der Waals surface area contributed by atoms with Crippen LogP contribution < -0.4 is 0 Å². The van der Waals surface area contributed by atoms with E-state index < -0.39 is 10.9 Å². The van der Waals surface area contributed by atoms with E-state index in [1.807, 2.05) is 17.5 Å². The molecule has 3 rings (SSSR count). The molecule has 0 saturated carbocycles. The molecule has 1 N–H and O–H groups in total. The summed E-state index contributed by atoms with van der Waals surface area (Å²) in [7, 11) is 0. The summed E-state index contributed by atoms with van der Waals surface area (Å²) in [5.41, 5.74) is 0.994. The van der Waals surface area contributed by atoms with Gasteiger partial charge in [0.2, 0.25) is 0 Å². The van der Waals surface area contributed by atoms with E-state index in [9.17, 15) is 14.9 Å². The minimum atomic E-state index is -1.01. The first-order chi connectivity index (χ1) is 12.0. The van der Waals surface area contributed by atoms with Gasteiger partial charge in [-0.15, -0.1) is 11.3 Å². The summed E-state index contributed by atoms with van der Waals surface area (Å²) < 4.78 is 1.74. The molecule has 2 heterocycles. The van der Waals surface area contributed by atoms with Gasteiger partial charge >= 0.3 is 5.97 Å². The maximum Gasteiger partial charge on any atom is 0.309 e. The molecule has 0 atom stereocenters. The SMILES string of the molecule is O=C(O)Cc1c(Cl)nc(-c2ccc([N+](=O)[O-])cc2)n1Cc1cccs1. The second kappa shape index (κ2) is 7.04. The molecule has 9 heteroatoms. The standard InChI is InChI=1S/C16H12ClN3O4S/c17-15-13(8-14(21)22)19(9-12-2-1-7-25-12)16(18-15)10-3-5-11(6-4-10)20(23)24/h1-7H,8-9H2,(H,21,22). The van der Waals surface area contributed by atoms with E-state index in [1.165, 1.54) is 23.5 Å². The molecule has 0 amide bonds. The summed E-state index contributed by atoms with van der Waals surface area (Å²) in [6.45, 7) is 0.423. The normalized spacial score (nSPS) is 10.8. The summed E-state index contributed by atoms with van der Waals surface area (Å²) in [5, 5.41) is 22.0. The zero-order valence-electron chi connectivity index (χ0n) is 12.8. The van der Waals surface area contributed by atoms with E-state index in [0.29, 0.717) is 23.6 Å². The number of imidazole rings is 1. The number of hydrogen-bond donors (Lipinski definition) is 1. The van der Waals surface area contributed by atoms with Gasteiger partial charge in [0, 0.05) is 22.6 Å². The Labute approximate surface area is 151 Å². The smallest absolute Gasteiger partial charge is 0.309 e. The molecular weight excluding hydrogens is 366 g/mol. The van der Waals surface area contributed by atoms with Crippen molar-refractivity contribution >= 4 is 34.6 Å². The van der Waals surface area contributed by atoms with Crippen LogP contribution in [-0.2, 0) is 17.8 Å². The number of carboxylic acid groups (broad SMARTS) is 1. The molecule has 2 aromatic heterocycles. The van der Waals surface area contributed by atoms with E-state index in [1.54, 1.807) is 16.7 Å². The molecule has 0 fully saturated rings. The number of halogens is 1. The van der Waals surface area contributed by atoms with Crippen LogP contribution in [0.2, 0.25) is 5.15 Å². The number of nitrogens with zero attached hydrogens (tertiary/aromatic N) is 3. The summed E-state index contributed by atoms with van der Waals surface area (Å²) in [5.74, 6) is -0.533. The van der Waals surface area contributed by atoms with Crippen LogP contribution >= 0.6 is 22.9 Å². The van der Waals surface area contributed by atoms with Crippen molar-refractivity contribution in [3.8, 4) is 11.4 Å². The van der Waals surface area contributed by atoms with Gasteiger partial charge in [-0.1, -0.05) is 17.7 Å². The number of hydrogen-bond acceptors (Lipinski definition) is 5. The maximum absolute atomic E-state index is 11.2. The van der Waals surface area contributed by atoms with Crippen LogP contribution in [0.3, 0.4) is 0 Å². The molecule has 3 aromatic rings. The molecule has 0 bridgehead atoms. The third-order valence-corrected chi connectivity index (χ3v) is 4.74. The maximum atomic E-state index is 11.2. The molecule has 0 aliphatic rings. The minimum Gasteiger partial charge on any atom is -0.481 e. The zero-order chi connectivity index (χ0) is 18.0. The molecule has 0 unspecified atom stereocenters. The topological polar surface area (TPSA) is 98.3 Å². The zero-order valence-corrected chi connectivity index (χ0v) is 14.3. The van der Waals surface area contributed by atoms with Crippen molar-refractivity contribution in [3.63, 3.8) is 0 Å². The van der Waals surface area contributed by atoms with Crippen molar-refractivity contribution < 1.29 is 14.8 Å². The number of non-ortho nitro benzene ring substituents is 1. The molecule has 0 aliphatic heterocycles. The first-order valence-corrected chi connectivity index (χ1v) is 8.45. The predicted molar refractivity (Wildman–Crippen MR) is 94.1 cm³/mol. The Hall–Kier alpha value is -2.71. The van der Waals surface area contributed by atoms with Crippen LogP contribution in [0, 0.1) is 10.1 Å². The Morgan fingerprint density at radius 3 is 2.60 bits per heavy atom. The number of aliphatic carboxylic acids is 1. The fourth-order valence-corrected chi connectivity index (χ4v) is 3.39. The Kier molecular flexibility index (Phi) is 4.82. The number of aromatic nitrogens is 2. The van der Waals surface area contributed by atoms with Crippen LogP contribution in [0.4, 0.5) is 5.69 Å². The van der Waals surface area contributed by atoms with Crippen molar-refractivity contribution in [2.24, 2.45) is 0 Å². The summed E-state index contributed by atoms with van der Waals surface area (Å²) in [4.78, 5) is 26.8. The largest absolute Gasteiger partial charge is 0.481 e. The monoisotopic (exact) mass is 377 g/mol. The van der Waals surface area contributed by atoms with Crippen molar-refractivity contribution in [1.82, 2.24) is 9.55 Å². The quantitative estimate of drug-likeness (QED) is 0.519. The molecule has 0 radical (unpaired) electrons. The minimum absolute atomic E-state index is 0.0306. The second-order valence-electron chi connectivity index (χ2n) is 5.21. The van der Waals surface area contributed by atoms with Gasteiger partial charge in [-0.3, -0.25) is 14.9 Å². The fraction of sp³-hybridized carbons (Fsp3) is 0.125. The molecule has 1 aromatic carbocycles. The first kappa shape index (κ1) is 17.1. The lowest BCUT2D eigenvalue weighted by molar-refractivity contribution is -0.384. The number of nitro benzene ring substituents is 1. The van der Waals surface area contributed by atoms with Crippen LogP contribution in [0.15, 0.2) is 41.8 Å². The van der Waals surface area contributed by atoms with Crippen molar-refractivity contribution in [2.75, 3.05) is 0 Å². The van der Waals surface area contributed by atoms with Gasteiger partial charge in [0.05, 0.1) is 23.6 Å². The summed E-state index contributed by atoms with van der Waals surface area (Å²) in [6, 6.07) is 9.75.